The van der Waals surface area contributed by atoms with Crippen LogP contribution in [0.25, 0.3) is 10.8 Å². The summed E-state index contributed by atoms with van der Waals surface area (Å²) >= 11 is 0. The Bertz CT molecular complexity index is 1390. The van der Waals surface area contributed by atoms with E-state index in [0.717, 1.165) is 10.8 Å². The van der Waals surface area contributed by atoms with Crippen LogP contribution >= 0.6 is 0 Å². The van der Waals surface area contributed by atoms with Gasteiger partial charge in [0.25, 0.3) is 0 Å². The van der Waals surface area contributed by atoms with E-state index in [1.165, 1.54) is 13.3 Å². The summed E-state index contributed by atoms with van der Waals surface area (Å²) in [6, 6.07) is 26.2. The second-order valence-electron chi connectivity index (χ2n) is 7.37. The second kappa shape index (κ2) is 10.8. The van der Waals surface area contributed by atoms with Gasteiger partial charge in [0.15, 0.2) is 0 Å². The van der Waals surface area contributed by atoms with Gasteiger partial charge in [0.2, 0.25) is 0 Å². The monoisotopic (exact) mass is 467 g/mol. The SMILES string of the molecule is COc1ccc(NC(=O)C(=O)N/N=C\c2ccc(OC(=O)c3cccc4ccccc34)cc2)cc1. The minimum atomic E-state index is -0.919. The van der Waals surface area contributed by atoms with Crippen molar-refractivity contribution in [3.63, 3.8) is 0 Å². The van der Waals surface area contributed by atoms with Gasteiger partial charge in [0.05, 0.1) is 18.9 Å². The van der Waals surface area contributed by atoms with Crippen molar-refractivity contribution in [2.75, 3.05) is 12.4 Å². The number of nitrogens with zero attached hydrogens (tertiary/aromatic N) is 1. The third-order valence-corrected chi connectivity index (χ3v) is 5.03. The summed E-state index contributed by atoms with van der Waals surface area (Å²) in [5.74, 6) is -1.24. The molecular formula is C27H21N3O5. The summed E-state index contributed by atoms with van der Waals surface area (Å²) in [4.78, 5) is 36.6. The van der Waals surface area contributed by atoms with Gasteiger partial charge in [-0.15, -0.1) is 0 Å². The summed E-state index contributed by atoms with van der Waals surface area (Å²) in [7, 11) is 1.53. The lowest BCUT2D eigenvalue weighted by molar-refractivity contribution is -0.136. The maximum Gasteiger partial charge on any atom is 0.344 e. The van der Waals surface area contributed by atoms with E-state index in [2.05, 4.69) is 15.8 Å². The Morgan fingerprint density at radius 3 is 2.20 bits per heavy atom. The highest BCUT2D eigenvalue weighted by molar-refractivity contribution is 6.39. The highest BCUT2D eigenvalue weighted by Crippen LogP contribution is 2.21. The first-order valence-electron chi connectivity index (χ1n) is 10.6. The Morgan fingerprint density at radius 2 is 1.46 bits per heavy atom. The Kier molecular flexibility index (Phi) is 7.13. The van der Waals surface area contributed by atoms with Crippen LogP contribution < -0.4 is 20.2 Å². The zero-order valence-corrected chi connectivity index (χ0v) is 18.7. The van der Waals surface area contributed by atoms with E-state index >= 15 is 0 Å². The van der Waals surface area contributed by atoms with Crippen molar-refractivity contribution in [3.05, 3.63) is 102 Å². The fraction of sp³-hybridized carbons (Fsp3) is 0.0370. The maximum absolute atomic E-state index is 12.6. The summed E-state index contributed by atoms with van der Waals surface area (Å²) < 4.78 is 10.5. The number of esters is 1. The highest BCUT2D eigenvalue weighted by Gasteiger charge is 2.13. The van der Waals surface area contributed by atoms with E-state index in [1.54, 1.807) is 54.6 Å². The van der Waals surface area contributed by atoms with Crippen molar-refractivity contribution >= 4 is 40.5 Å². The standard InChI is InChI=1S/C27H21N3O5/c1-34-21-15-11-20(12-16-21)29-25(31)26(32)30-28-17-18-9-13-22(14-10-18)35-27(33)24-8-4-6-19-5-2-3-7-23(19)24/h2-17H,1H3,(H,29,31)(H,30,32)/b28-17-. The fourth-order valence-electron chi connectivity index (χ4n) is 3.27. The normalized spacial score (nSPS) is 10.7. The van der Waals surface area contributed by atoms with E-state index in [4.69, 9.17) is 9.47 Å². The molecule has 0 aromatic heterocycles. The van der Waals surface area contributed by atoms with Crippen LogP contribution in [-0.4, -0.2) is 31.1 Å². The van der Waals surface area contributed by atoms with E-state index in [-0.39, 0.29) is 0 Å². The molecule has 0 aliphatic heterocycles. The lowest BCUT2D eigenvalue weighted by Crippen LogP contribution is -2.32. The summed E-state index contributed by atoms with van der Waals surface area (Å²) in [5, 5.41) is 8.02. The molecule has 174 valence electrons. The zero-order valence-electron chi connectivity index (χ0n) is 18.7. The van der Waals surface area contributed by atoms with Gasteiger partial charge in [0.1, 0.15) is 11.5 Å². The average Bonchev–Trinajstić information content (AvgIpc) is 2.89. The number of hydrogen-bond donors (Lipinski definition) is 2. The molecule has 4 aromatic carbocycles. The van der Waals surface area contributed by atoms with Gasteiger partial charge in [-0.2, -0.15) is 5.10 Å². The minimum Gasteiger partial charge on any atom is -0.497 e. The first-order chi connectivity index (χ1) is 17.0. The van der Waals surface area contributed by atoms with Crippen molar-refractivity contribution in [3.8, 4) is 11.5 Å². The number of methoxy groups -OCH3 is 1. The van der Waals surface area contributed by atoms with E-state index < -0.39 is 17.8 Å². The van der Waals surface area contributed by atoms with Gasteiger partial charge in [-0.3, -0.25) is 9.59 Å². The molecule has 0 saturated heterocycles. The predicted molar refractivity (Wildman–Crippen MR) is 133 cm³/mol. The maximum atomic E-state index is 12.6. The third kappa shape index (κ3) is 5.88. The Balaban J connectivity index is 1.31. The second-order valence-corrected chi connectivity index (χ2v) is 7.37. The lowest BCUT2D eigenvalue weighted by atomic mass is 10.0. The topological polar surface area (TPSA) is 106 Å². The van der Waals surface area contributed by atoms with Gasteiger partial charge < -0.3 is 14.8 Å². The molecule has 0 spiro atoms. The minimum absolute atomic E-state index is 0.364. The van der Waals surface area contributed by atoms with Crippen molar-refractivity contribution in [2.24, 2.45) is 5.10 Å². The van der Waals surface area contributed by atoms with Gasteiger partial charge in [-0.25, -0.2) is 10.2 Å². The molecule has 0 bridgehead atoms. The average molecular weight is 467 g/mol. The molecule has 4 rings (SSSR count). The quantitative estimate of drug-likeness (QED) is 0.146. The molecule has 0 aliphatic rings. The third-order valence-electron chi connectivity index (χ3n) is 5.03. The number of nitrogens with one attached hydrogen (secondary N) is 2. The van der Waals surface area contributed by atoms with Gasteiger partial charge >= 0.3 is 17.8 Å². The number of amides is 2. The molecule has 2 amide bonds. The van der Waals surface area contributed by atoms with E-state index in [0.29, 0.717) is 28.3 Å². The molecule has 2 N–H and O–H groups in total. The number of benzene rings is 4. The molecule has 0 aliphatic carbocycles. The molecular weight excluding hydrogens is 446 g/mol. The number of fused-ring (bicyclic) bond motifs is 1. The van der Waals surface area contributed by atoms with Gasteiger partial charge in [-0.1, -0.05) is 36.4 Å². The number of carbonyl (C=O) groups is 3. The zero-order chi connectivity index (χ0) is 24.6. The molecule has 0 fully saturated rings. The molecule has 0 unspecified atom stereocenters. The Morgan fingerprint density at radius 1 is 0.771 bits per heavy atom. The fourth-order valence-corrected chi connectivity index (χ4v) is 3.27. The number of hydrazone groups is 1. The molecule has 8 heteroatoms. The van der Waals surface area contributed by atoms with Crippen LogP contribution in [0.1, 0.15) is 15.9 Å². The number of ether oxygens (including phenoxy) is 2. The molecule has 0 radical (unpaired) electrons. The van der Waals surface area contributed by atoms with Crippen LogP contribution in [-0.2, 0) is 9.59 Å². The van der Waals surface area contributed by atoms with Crippen LogP contribution in [0.15, 0.2) is 96.1 Å². The summed E-state index contributed by atoms with van der Waals surface area (Å²) in [6.45, 7) is 0. The van der Waals surface area contributed by atoms with Crippen molar-refractivity contribution in [2.45, 2.75) is 0 Å². The first-order valence-corrected chi connectivity index (χ1v) is 10.6. The molecule has 0 saturated carbocycles. The number of rotatable bonds is 6. The van der Waals surface area contributed by atoms with Gasteiger partial charge in [0, 0.05) is 5.69 Å². The predicted octanol–water partition coefficient (Wildman–Crippen LogP) is 4.16. The van der Waals surface area contributed by atoms with Crippen molar-refractivity contribution in [1.82, 2.24) is 5.43 Å². The lowest BCUT2D eigenvalue weighted by Gasteiger charge is -2.07. The molecule has 8 nitrogen and oxygen atoms in total. The number of hydrogen-bond acceptors (Lipinski definition) is 6. The van der Waals surface area contributed by atoms with E-state index in [1.807, 2.05) is 36.4 Å². The highest BCUT2D eigenvalue weighted by atomic mass is 16.5. The number of anilines is 1. The molecule has 35 heavy (non-hydrogen) atoms. The van der Waals surface area contributed by atoms with Crippen LogP contribution in [0.5, 0.6) is 11.5 Å². The smallest absolute Gasteiger partial charge is 0.344 e. The van der Waals surface area contributed by atoms with Crippen LogP contribution in [0.2, 0.25) is 0 Å². The van der Waals surface area contributed by atoms with Crippen molar-refractivity contribution in [1.29, 1.82) is 0 Å². The molecule has 0 atom stereocenters. The van der Waals surface area contributed by atoms with Crippen LogP contribution in [0, 0.1) is 0 Å². The summed E-state index contributed by atoms with van der Waals surface area (Å²) in [6.07, 6.45) is 1.37. The Hall–Kier alpha value is -4.98. The molecule has 0 heterocycles. The number of carbonyl (C=O) groups excluding carboxylic acids is 3. The van der Waals surface area contributed by atoms with E-state index in [9.17, 15) is 14.4 Å². The molecule has 4 aromatic rings. The van der Waals surface area contributed by atoms with Crippen LogP contribution in [0.3, 0.4) is 0 Å². The van der Waals surface area contributed by atoms with Gasteiger partial charge in [-0.05, 0) is 70.9 Å². The first kappa shape index (κ1) is 23.2. The Labute approximate surface area is 201 Å². The van der Waals surface area contributed by atoms with Crippen molar-refractivity contribution < 1.29 is 23.9 Å². The largest absolute Gasteiger partial charge is 0.497 e. The van der Waals surface area contributed by atoms with Crippen LogP contribution in [0.4, 0.5) is 5.69 Å². The summed E-state index contributed by atoms with van der Waals surface area (Å²) in [5.41, 5.74) is 3.72.